The molecule has 3 aromatic rings. The van der Waals surface area contributed by atoms with Crippen molar-refractivity contribution in [2.24, 2.45) is 11.8 Å². The van der Waals surface area contributed by atoms with Crippen molar-refractivity contribution in [2.75, 3.05) is 24.6 Å². The number of carboxylic acids is 1. The zero-order valence-electron chi connectivity index (χ0n) is 19.1. The summed E-state index contributed by atoms with van der Waals surface area (Å²) in [7, 11) is 0. The monoisotopic (exact) mass is 542 g/mol. The first-order valence-electron chi connectivity index (χ1n) is 11.3. The first kappa shape index (κ1) is 26.9. The van der Waals surface area contributed by atoms with Crippen molar-refractivity contribution in [3.8, 4) is 5.75 Å². The third kappa shape index (κ3) is 5.00. The fourth-order valence-corrected chi connectivity index (χ4v) is 6.09. The number of piperidine rings is 1. The Morgan fingerprint density at radius 1 is 1.25 bits per heavy atom. The van der Waals surface area contributed by atoms with E-state index in [1.165, 1.54) is 11.3 Å². The number of benzene rings is 1. The van der Waals surface area contributed by atoms with E-state index in [0.29, 0.717) is 47.7 Å². The van der Waals surface area contributed by atoms with Crippen LogP contribution in [0.4, 0.5) is 5.13 Å². The molecule has 1 amide bonds. The van der Waals surface area contributed by atoms with Gasteiger partial charge in [-0.1, -0.05) is 52.7 Å². The number of aromatic amines is 1. The predicted molar refractivity (Wildman–Crippen MR) is 143 cm³/mol. The van der Waals surface area contributed by atoms with E-state index in [1.54, 1.807) is 6.92 Å². The molecular formula is C24H25Cl2LiN4O4S. The Kier molecular flexibility index (Phi) is 7.98. The van der Waals surface area contributed by atoms with Gasteiger partial charge in [-0.2, -0.15) is 0 Å². The average Bonchev–Trinajstić information content (AvgIpc) is 3.20. The van der Waals surface area contributed by atoms with Gasteiger partial charge in [0.2, 0.25) is 0 Å². The van der Waals surface area contributed by atoms with Gasteiger partial charge in [-0.25, -0.2) is 9.78 Å². The molecule has 0 bridgehead atoms. The number of hydrogen-bond donors (Lipinski definition) is 3. The molecule has 2 aliphatic rings. The van der Waals surface area contributed by atoms with Crippen LogP contribution in [-0.2, 0) is 6.42 Å². The number of thiazole rings is 1. The van der Waals surface area contributed by atoms with Gasteiger partial charge in [0.25, 0.3) is 5.91 Å². The molecule has 3 atom stereocenters. The van der Waals surface area contributed by atoms with Crippen LogP contribution in [0.5, 0.6) is 5.75 Å². The molecule has 0 radical (unpaired) electrons. The molecule has 3 heterocycles. The van der Waals surface area contributed by atoms with Crippen LogP contribution in [0.3, 0.4) is 0 Å². The zero-order chi connectivity index (χ0) is 24.9. The fraction of sp³-hybridized carbons (Fsp3) is 0.375. The van der Waals surface area contributed by atoms with Crippen LogP contribution in [0.25, 0.3) is 0 Å². The number of aromatic carboxylic acids is 1. The standard InChI is InChI=1S/C24H24Cl2N4O4S.Li.H/c1-3-34-16-7-5-4-6-12(16)8-15-21(23(32)33)35-24(28-15)30-9-13-14(10-30)19(13)29-22(31)20-18(26)17(25)11(2)27-20;;/h4-7,13-14,19,27H,3,8-10H2,1-2H3,(H,29,31)(H,32,33);;/t13-,14+,19+;;. The van der Waals surface area contributed by atoms with Gasteiger partial charge in [0.1, 0.15) is 16.3 Å². The Morgan fingerprint density at radius 2 is 1.94 bits per heavy atom. The summed E-state index contributed by atoms with van der Waals surface area (Å²) in [5.41, 5.74) is 2.36. The summed E-state index contributed by atoms with van der Waals surface area (Å²) in [6.07, 6.45) is 0.382. The van der Waals surface area contributed by atoms with Crippen LogP contribution in [0.15, 0.2) is 24.3 Å². The number of carbonyl (C=O) groups excluding carboxylic acids is 1. The number of nitrogens with zero attached hydrogens (tertiary/aromatic N) is 2. The van der Waals surface area contributed by atoms with Crippen molar-refractivity contribution in [2.45, 2.75) is 26.3 Å². The second-order valence-electron chi connectivity index (χ2n) is 8.78. The third-order valence-electron chi connectivity index (χ3n) is 6.55. The second kappa shape index (κ2) is 10.7. The number of para-hydroxylation sites is 1. The number of carboxylic acid groups (broad SMARTS) is 1. The first-order valence-corrected chi connectivity index (χ1v) is 12.9. The summed E-state index contributed by atoms with van der Waals surface area (Å²) >= 11 is 13.4. The number of carbonyl (C=O) groups is 2. The molecule has 1 aliphatic carbocycles. The third-order valence-corrected chi connectivity index (χ3v) is 8.65. The molecule has 1 aliphatic heterocycles. The van der Waals surface area contributed by atoms with E-state index in [9.17, 15) is 14.7 Å². The van der Waals surface area contributed by atoms with Gasteiger partial charge in [-0.3, -0.25) is 4.79 Å². The minimum atomic E-state index is -0.982. The van der Waals surface area contributed by atoms with E-state index in [-0.39, 0.29) is 58.2 Å². The molecule has 5 rings (SSSR count). The molecule has 186 valence electrons. The van der Waals surface area contributed by atoms with Gasteiger partial charge in [0, 0.05) is 48.6 Å². The van der Waals surface area contributed by atoms with Crippen molar-refractivity contribution < 1.29 is 19.4 Å². The van der Waals surface area contributed by atoms with Crippen molar-refractivity contribution in [1.82, 2.24) is 15.3 Å². The Labute approximate surface area is 234 Å². The second-order valence-corrected chi connectivity index (χ2v) is 10.5. The SMILES string of the molecule is CCOc1ccccc1Cc1nc(N2C[C@@H]3[C@H](C2)[C@H]3NC(=O)c2[nH]c(C)c(Cl)c2Cl)sc1C(=O)O.[LiH]. The van der Waals surface area contributed by atoms with Gasteiger partial charge >= 0.3 is 24.8 Å². The normalized spacial score (nSPS) is 20.0. The van der Waals surface area contributed by atoms with Crippen molar-refractivity contribution in [3.63, 3.8) is 0 Å². The number of ether oxygens (including phenoxy) is 1. The maximum atomic E-state index is 12.6. The Hall–Kier alpha value is -2.15. The number of anilines is 1. The molecular weight excluding hydrogens is 518 g/mol. The van der Waals surface area contributed by atoms with E-state index in [2.05, 4.69) is 15.2 Å². The van der Waals surface area contributed by atoms with Crippen LogP contribution in [0.1, 0.15) is 44.0 Å². The summed E-state index contributed by atoms with van der Waals surface area (Å²) in [4.78, 5) is 34.6. The van der Waals surface area contributed by atoms with Crippen LogP contribution < -0.4 is 15.0 Å². The number of rotatable bonds is 8. The number of halogens is 2. The summed E-state index contributed by atoms with van der Waals surface area (Å²) in [5.74, 6) is 0.0465. The molecule has 2 aromatic heterocycles. The molecule has 1 aromatic carbocycles. The molecule has 3 N–H and O–H groups in total. The van der Waals surface area contributed by atoms with Gasteiger partial charge in [-0.15, -0.1) is 0 Å². The number of hydrogen-bond acceptors (Lipinski definition) is 6. The van der Waals surface area contributed by atoms with Crippen LogP contribution in [0.2, 0.25) is 10.0 Å². The van der Waals surface area contributed by atoms with E-state index in [4.69, 9.17) is 32.9 Å². The topological polar surface area (TPSA) is 108 Å². The summed E-state index contributed by atoms with van der Waals surface area (Å²) in [6.45, 7) is 5.61. The quantitative estimate of drug-likeness (QED) is 0.371. The molecule has 2 fully saturated rings. The minimum absolute atomic E-state index is 0. The molecule has 12 heteroatoms. The molecule has 0 spiro atoms. The molecule has 1 saturated carbocycles. The Balaban J connectivity index is 0.00000304. The van der Waals surface area contributed by atoms with Crippen molar-refractivity contribution in [3.05, 3.63) is 61.8 Å². The molecule has 36 heavy (non-hydrogen) atoms. The zero-order valence-corrected chi connectivity index (χ0v) is 21.4. The van der Waals surface area contributed by atoms with Crippen molar-refractivity contribution in [1.29, 1.82) is 0 Å². The molecule has 0 unspecified atom stereocenters. The first-order chi connectivity index (χ1) is 16.8. The molecule has 1 saturated heterocycles. The molecule has 8 nitrogen and oxygen atoms in total. The van der Waals surface area contributed by atoms with Crippen molar-refractivity contribution >= 4 is 70.4 Å². The number of H-pyrrole nitrogens is 1. The van der Waals surface area contributed by atoms with E-state index in [1.807, 2.05) is 31.2 Å². The number of nitrogens with one attached hydrogen (secondary N) is 2. The summed E-state index contributed by atoms with van der Waals surface area (Å²) < 4.78 is 5.69. The maximum absolute atomic E-state index is 12.6. The number of aryl methyl sites for hydroxylation is 1. The van der Waals surface area contributed by atoms with Gasteiger partial charge < -0.3 is 25.0 Å². The van der Waals surface area contributed by atoms with E-state index >= 15 is 0 Å². The predicted octanol–water partition coefficient (Wildman–Crippen LogP) is 3.99. The number of aromatic nitrogens is 2. The van der Waals surface area contributed by atoms with E-state index < -0.39 is 5.97 Å². The van der Waals surface area contributed by atoms with Gasteiger partial charge in [0.15, 0.2) is 5.13 Å². The van der Waals surface area contributed by atoms with Crippen LogP contribution in [-0.4, -0.2) is 71.5 Å². The average molecular weight is 543 g/mol. The number of amides is 1. The Bertz CT molecular complexity index is 1300. The fourth-order valence-electron chi connectivity index (χ4n) is 4.74. The van der Waals surface area contributed by atoms with Gasteiger partial charge in [0.05, 0.1) is 22.3 Å². The summed E-state index contributed by atoms with van der Waals surface area (Å²) in [5, 5.41) is 14.1. The van der Waals surface area contributed by atoms with Gasteiger partial charge in [-0.05, 0) is 19.9 Å². The van der Waals surface area contributed by atoms with E-state index in [0.717, 1.165) is 11.3 Å². The van der Waals surface area contributed by atoms with Crippen LogP contribution >= 0.6 is 34.5 Å². The Morgan fingerprint density at radius 3 is 2.56 bits per heavy atom. The number of fused-ring (bicyclic) bond motifs is 1. The summed E-state index contributed by atoms with van der Waals surface area (Å²) in [6, 6.07) is 7.66. The van der Waals surface area contributed by atoms with Crippen LogP contribution in [0, 0.1) is 18.8 Å².